The summed E-state index contributed by atoms with van der Waals surface area (Å²) in [6, 6.07) is 4.69. The molecular formula is C12H20N2. The van der Waals surface area contributed by atoms with Crippen molar-refractivity contribution in [1.29, 1.82) is 0 Å². The van der Waals surface area contributed by atoms with E-state index in [1.165, 1.54) is 25.0 Å². The maximum absolute atomic E-state index is 6.03. The second kappa shape index (κ2) is 4.18. The van der Waals surface area contributed by atoms with Crippen molar-refractivity contribution in [3.63, 3.8) is 0 Å². The molecule has 0 saturated heterocycles. The van der Waals surface area contributed by atoms with Gasteiger partial charge in [0, 0.05) is 23.9 Å². The van der Waals surface area contributed by atoms with Gasteiger partial charge in [-0.05, 0) is 37.3 Å². The van der Waals surface area contributed by atoms with E-state index in [0.717, 1.165) is 12.3 Å². The molecule has 1 fully saturated rings. The van der Waals surface area contributed by atoms with Crippen LogP contribution in [0.3, 0.4) is 0 Å². The molecule has 2 rings (SSSR count). The summed E-state index contributed by atoms with van der Waals surface area (Å²) in [6.07, 6.45) is 6.94. The second-order valence-electron chi connectivity index (χ2n) is 4.47. The average Bonchev–Trinajstić information content (AvgIpc) is 2.70. The Hall–Kier alpha value is -0.760. The fraction of sp³-hybridized carbons (Fsp3) is 0.667. The molecule has 2 nitrogen and oxygen atoms in total. The Balaban J connectivity index is 2.13. The van der Waals surface area contributed by atoms with Crippen LogP contribution in [-0.4, -0.2) is 11.0 Å². The van der Waals surface area contributed by atoms with Gasteiger partial charge in [0.1, 0.15) is 0 Å². The molecule has 0 bridgehead atoms. The van der Waals surface area contributed by atoms with Gasteiger partial charge in [-0.2, -0.15) is 0 Å². The molecule has 3 unspecified atom stereocenters. The van der Waals surface area contributed by atoms with Crippen LogP contribution in [0.25, 0.3) is 0 Å². The Morgan fingerprint density at radius 2 is 2.36 bits per heavy atom. The van der Waals surface area contributed by atoms with Gasteiger partial charge < -0.3 is 10.7 Å². The Bertz CT molecular complexity index is 266. The van der Waals surface area contributed by atoms with Gasteiger partial charge in [0.05, 0.1) is 0 Å². The fourth-order valence-corrected chi connectivity index (χ4v) is 2.71. The van der Waals surface area contributed by atoms with Crippen molar-refractivity contribution >= 4 is 0 Å². The van der Waals surface area contributed by atoms with E-state index >= 15 is 0 Å². The first-order chi connectivity index (χ1) is 6.81. The summed E-state index contributed by atoms with van der Waals surface area (Å²) in [5, 5.41) is 0. The van der Waals surface area contributed by atoms with Gasteiger partial charge >= 0.3 is 0 Å². The van der Waals surface area contributed by atoms with Gasteiger partial charge in [-0.3, -0.25) is 0 Å². The lowest BCUT2D eigenvalue weighted by atomic mass is 9.74. The van der Waals surface area contributed by atoms with Gasteiger partial charge in [-0.1, -0.05) is 13.3 Å². The summed E-state index contributed by atoms with van der Waals surface area (Å²) in [7, 11) is 0. The molecular weight excluding hydrogens is 172 g/mol. The van der Waals surface area contributed by atoms with E-state index in [1.807, 2.05) is 6.20 Å². The highest BCUT2D eigenvalue weighted by Crippen LogP contribution is 2.38. The number of nitrogens with one attached hydrogen (secondary N) is 1. The predicted molar refractivity (Wildman–Crippen MR) is 59.1 cm³/mol. The molecule has 1 saturated carbocycles. The molecule has 1 aliphatic carbocycles. The Kier molecular flexibility index (Phi) is 2.92. The molecule has 1 aromatic rings. The minimum Gasteiger partial charge on any atom is -0.365 e. The van der Waals surface area contributed by atoms with Gasteiger partial charge in [-0.25, -0.2) is 0 Å². The Morgan fingerprint density at radius 3 is 3.00 bits per heavy atom. The van der Waals surface area contributed by atoms with Crippen LogP contribution in [0.2, 0.25) is 0 Å². The van der Waals surface area contributed by atoms with Crippen LogP contribution in [-0.2, 0) is 0 Å². The zero-order valence-electron chi connectivity index (χ0n) is 8.87. The first-order valence-corrected chi connectivity index (χ1v) is 5.70. The number of aromatic amines is 1. The van der Waals surface area contributed by atoms with Gasteiger partial charge in [-0.15, -0.1) is 0 Å². The first-order valence-electron chi connectivity index (χ1n) is 5.70. The highest BCUT2D eigenvalue weighted by atomic mass is 14.7. The number of hydrogen-bond acceptors (Lipinski definition) is 1. The maximum Gasteiger partial charge on any atom is 0.0182 e. The summed E-state index contributed by atoms with van der Waals surface area (Å²) >= 11 is 0. The summed E-state index contributed by atoms with van der Waals surface area (Å²) in [5.74, 6) is 1.49. The SMILES string of the molecule is CCC1CCC(N)CC1c1ccc[nH]1. The minimum atomic E-state index is 0.408. The standard InChI is InChI=1S/C12H20N2/c1-2-9-5-6-10(13)8-11(9)12-4-3-7-14-12/h3-4,7,9-11,14H,2,5-6,8,13H2,1H3. The van der Waals surface area contributed by atoms with Crippen LogP contribution in [0, 0.1) is 5.92 Å². The van der Waals surface area contributed by atoms with Crippen molar-refractivity contribution in [3.8, 4) is 0 Å². The van der Waals surface area contributed by atoms with Crippen LogP contribution < -0.4 is 5.73 Å². The highest BCUT2D eigenvalue weighted by Gasteiger charge is 2.29. The van der Waals surface area contributed by atoms with E-state index in [-0.39, 0.29) is 0 Å². The molecule has 3 N–H and O–H groups in total. The zero-order valence-corrected chi connectivity index (χ0v) is 8.87. The van der Waals surface area contributed by atoms with Crippen molar-refractivity contribution in [2.24, 2.45) is 11.7 Å². The van der Waals surface area contributed by atoms with E-state index in [4.69, 9.17) is 5.73 Å². The van der Waals surface area contributed by atoms with Crippen LogP contribution in [0.1, 0.15) is 44.2 Å². The first kappa shape index (κ1) is 9.78. The molecule has 0 aliphatic heterocycles. The van der Waals surface area contributed by atoms with Crippen molar-refractivity contribution in [3.05, 3.63) is 24.0 Å². The smallest absolute Gasteiger partial charge is 0.0182 e. The number of hydrogen-bond donors (Lipinski definition) is 2. The predicted octanol–water partition coefficient (Wildman–Crippen LogP) is 2.64. The van der Waals surface area contributed by atoms with E-state index in [1.54, 1.807) is 0 Å². The summed E-state index contributed by atoms with van der Waals surface area (Å²) in [4.78, 5) is 3.34. The molecule has 1 aromatic heterocycles. The van der Waals surface area contributed by atoms with Crippen LogP contribution in [0.15, 0.2) is 18.3 Å². The van der Waals surface area contributed by atoms with Gasteiger partial charge in [0.2, 0.25) is 0 Å². The molecule has 3 atom stereocenters. The van der Waals surface area contributed by atoms with Crippen LogP contribution >= 0.6 is 0 Å². The highest BCUT2D eigenvalue weighted by molar-refractivity contribution is 5.13. The lowest BCUT2D eigenvalue weighted by Crippen LogP contribution is -2.32. The monoisotopic (exact) mass is 192 g/mol. The Labute approximate surface area is 85.9 Å². The quantitative estimate of drug-likeness (QED) is 0.743. The maximum atomic E-state index is 6.03. The molecule has 0 spiro atoms. The van der Waals surface area contributed by atoms with Crippen LogP contribution in [0.5, 0.6) is 0 Å². The molecule has 78 valence electrons. The second-order valence-corrected chi connectivity index (χ2v) is 4.47. The summed E-state index contributed by atoms with van der Waals surface area (Å²) in [5.41, 5.74) is 7.42. The van der Waals surface area contributed by atoms with E-state index < -0.39 is 0 Å². The molecule has 0 radical (unpaired) electrons. The van der Waals surface area contributed by atoms with Crippen molar-refractivity contribution in [1.82, 2.24) is 4.98 Å². The van der Waals surface area contributed by atoms with Crippen molar-refractivity contribution < 1.29 is 0 Å². The third kappa shape index (κ3) is 1.85. The summed E-state index contributed by atoms with van der Waals surface area (Å²) in [6.45, 7) is 2.29. The van der Waals surface area contributed by atoms with Crippen LogP contribution in [0.4, 0.5) is 0 Å². The molecule has 2 heteroatoms. The number of H-pyrrole nitrogens is 1. The van der Waals surface area contributed by atoms with E-state index in [0.29, 0.717) is 12.0 Å². The lowest BCUT2D eigenvalue weighted by Gasteiger charge is -2.33. The van der Waals surface area contributed by atoms with E-state index in [2.05, 4.69) is 24.0 Å². The van der Waals surface area contributed by atoms with Crippen molar-refractivity contribution in [2.45, 2.75) is 44.6 Å². The minimum absolute atomic E-state index is 0.408. The van der Waals surface area contributed by atoms with Crippen molar-refractivity contribution in [2.75, 3.05) is 0 Å². The largest absolute Gasteiger partial charge is 0.365 e. The normalized spacial score (nSPS) is 33.1. The van der Waals surface area contributed by atoms with E-state index in [9.17, 15) is 0 Å². The summed E-state index contributed by atoms with van der Waals surface area (Å²) < 4.78 is 0. The van der Waals surface area contributed by atoms with Gasteiger partial charge in [0.15, 0.2) is 0 Å². The average molecular weight is 192 g/mol. The number of nitrogens with two attached hydrogens (primary N) is 1. The number of aromatic nitrogens is 1. The molecule has 14 heavy (non-hydrogen) atoms. The molecule has 1 heterocycles. The zero-order chi connectivity index (χ0) is 9.97. The topological polar surface area (TPSA) is 41.8 Å². The fourth-order valence-electron chi connectivity index (χ4n) is 2.71. The molecule has 0 amide bonds. The molecule has 0 aromatic carbocycles. The number of rotatable bonds is 2. The third-order valence-electron chi connectivity index (χ3n) is 3.58. The van der Waals surface area contributed by atoms with Gasteiger partial charge in [0.25, 0.3) is 0 Å². The third-order valence-corrected chi connectivity index (χ3v) is 3.58. The molecule has 1 aliphatic rings. The lowest BCUT2D eigenvalue weighted by molar-refractivity contribution is 0.270. The Morgan fingerprint density at radius 1 is 1.50 bits per heavy atom.